The maximum atomic E-state index is 10.9. The first-order valence-corrected chi connectivity index (χ1v) is 6.53. The number of aromatic nitrogens is 3. The Morgan fingerprint density at radius 1 is 1.42 bits per heavy atom. The minimum atomic E-state index is -0.970. The lowest BCUT2D eigenvalue weighted by atomic mass is 10.3. The summed E-state index contributed by atoms with van der Waals surface area (Å²) in [6, 6.07) is 1.58. The highest BCUT2D eigenvalue weighted by molar-refractivity contribution is 5.90. The molecule has 0 unspecified atom stereocenters. The highest BCUT2D eigenvalue weighted by Gasteiger charge is 2.13. The van der Waals surface area contributed by atoms with Gasteiger partial charge in [-0.15, -0.1) is 0 Å². The lowest BCUT2D eigenvalue weighted by Gasteiger charge is -2.12. The van der Waals surface area contributed by atoms with E-state index in [9.17, 15) is 4.79 Å². The number of imidazole rings is 1. The predicted octanol–water partition coefficient (Wildman–Crippen LogP) is 1.29. The van der Waals surface area contributed by atoms with Crippen LogP contribution < -0.4 is 0 Å². The standard InChI is InChI=1S/C13H16N4O2/c18-13(19)9-7-10-12(14-8-9)16-11(15-10)3-6-17-4-1-2-5-17/h7-8H,1-6H2,(H,18,19)(H,14,15,16). The smallest absolute Gasteiger partial charge is 0.337 e. The molecule has 0 bridgehead atoms. The van der Waals surface area contributed by atoms with Gasteiger partial charge in [-0.05, 0) is 32.0 Å². The molecule has 1 saturated heterocycles. The van der Waals surface area contributed by atoms with E-state index in [2.05, 4.69) is 19.9 Å². The fourth-order valence-electron chi connectivity index (χ4n) is 2.46. The van der Waals surface area contributed by atoms with Crippen molar-refractivity contribution in [3.05, 3.63) is 23.7 Å². The molecular formula is C13H16N4O2. The third-order valence-electron chi connectivity index (χ3n) is 3.50. The van der Waals surface area contributed by atoms with Crippen molar-refractivity contribution < 1.29 is 9.90 Å². The van der Waals surface area contributed by atoms with E-state index in [4.69, 9.17) is 5.11 Å². The molecule has 19 heavy (non-hydrogen) atoms. The van der Waals surface area contributed by atoms with Crippen LogP contribution in [0.5, 0.6) is 0 Å². The number of hydrogen-bond donors (Lipinski definition) is 2. The molecule has 1 aliphatic heterocycles. The first-order valence-electron chi connectivity index (χ1n) is 6.53. The third kappa shape index (κ3) is 2.58. The Hall–Kier alpha value is -1.95. The number of nitrogens with one attached hydrogen (secondary N) is 1. The molecule has 0 amide bonds. The summed E-state index contributed by atoms with van der Waals surface area (Å²) in [7, 11) is 0. The van der Waals surface area contributed by atoms with E-state index in [1.807, 2.05) is 0 Å². The summed E-state index contributed by atoms with van der Waals surface area (Å²) in [6.07, 6.45) is 4.75. The van der Waals surface area contributed by atoms with Crippen molar-refractivity contribution in [1.82, 2.24) is 19.9 Å². The summed E-state index contributed by atoms with van der Waals surface area (Å²) in [5, 5.41) is 8.92. The van der Waals surface area contributed by atoms with E-state index in [1.54, 1.807) is 6.07 Å². The van der Waals surface area contributed by atoms with Gasteiger partial charge in [0.25, 0.3) is 0 Å². The van der Waals surface area contributed by atoms with Gasteiger partial charge in [-0.25, -0.2) is 14.8 Å². The number of likely N-dealkylation sites (tertiary alicyclic amines) is 1. The number of carbonyl (C=O) groups is 1. The lowest BCUT2D eigenvalue weighted by Crippen LogP contribution is -2.22. The van der Waals surface area contributed by atoms with E-state index in [0.29, 0.717) is 11.2 Å². The van der Waals surface area contributed by atoms with Gasteiger partial charge in [0, 0.05) is 19.2 Å². The molecule has 1 fully saturated rings. The first kappa shape index (κ1) is 12.1. The highest BCUT2D eigenvalue weighted by Crippen LogP contribution is 2.13. The summed E-state index contributed by atoms with van der Waals surface area (Å²) in [5.74, 6) is -0.0976. The number of hydrogen-bond acceptors (Lipinski definition) is 4. The van der Waals surface area contributed by atoms with Gasteiger partial charge in [-0.2, -0.15) is 0 Å². The zero-order valence-electron chi connectivity index (χ0n) is 10.6. The zero-order chi connectivity index (χ0) is 13.2. The molecular weight excluding hydrogens is 244 g/mol. The maximum absolute atomic E-state index is 10.9. The largest absolute Gasteiger partial charge is 0.478 e. The summed E-state index contributed by atoms with van der Waals surface area (Å²) in [5.41, 5.74) is 1.46. The molecule has 2 N–H and O–H groups in total. The molecule has 2 aromatic rings. The summed E-state index contributed by atoms with van der Waals surface area (Å²) in [6.45, 7) is 3.33. The molecule has 1 aliphatic rings. The fraction of sp³-hybridized carbons (Fsp3) is 0.462. The monoisotopic (exact) mass is 260 g/mol. The molecule has 0 aliphatic carbocycles. The molecule has 0 saturated carbocycles. The zero-order valence-corrected chi connectivity index (χ0v) is 10.6. The number of fused-ring (bicyclic) bond motifs is 1. The van der Waals surface area contributed by atoms with Gasteiger partial charge in [0.15, 0.2) is 5.65 Å². The first-order chi connectivity index (χ1) is 9.22. The molecule has 6 nitrogen and oxygen atoms in total. The SMILES string of the molecule is O=C(O)c1cnc2nc(CCN3CCCC3)[nH]c2c1. The van der Waals surface area contributed by atoms with Crippen molar-refractivity contribution in [2.24, 2.45) is 0 Å². The summed E-state index contributed by atoms with van der Waals surface area (Å²) in [4.78, 5) is 24.9. The normalized spacial score (nSPS) is 16.2. The van der Waals surface area contributed by atoms with Gasteiger partial charge in [0.1, 0.15) is 5.82 Å². The van der Waals surface area contributed by atoms with Gasteiger partial charge in [-0.1, -0.05) is 0 Å². The molecule has 100 valence electrons. The molecule has 0 atom stereocenters. The molecule has 6 heteroatoms. The van der Waals surface area contributed by atoms with Gasteiger partial charge in [0.05, 0.1) is 11.1 Å². The number of rotatable bonds is 4. The van der Waals surface area contributed by atoms with Crippen LogP contribution in [0.1, 0.15) is 29.0 Å². The predicted molar refractivity (Wildman–Crippen MR) is 70.2 cm³/mol. The molecule has 0 radical (unpaired) electrons. The Morgan fingerprint density at radius 3 is 2.95 bits per heavy atom. The topological polar surface area (TPSA) is 82.1 Å². The Labute approximate surface area is 110 Å². The quantitative estimate of drug-likeness (QED) is 0.865. The number of carboxylic acid groups (broad SMARTS) is 1. The van der Waals surface area contributed by atoms with Crippen LogP contribution in [0.15, 0.2) is 12.3 Å². The van der Waals surface area contributed by atoms with Crippen LogP contribution in [-0.4, -0.2) is 50.6 Å². The molecule has 3 rings (SSSR count). The van der Waals surface area contributed by atoms with E-state index < -0.39 is 5.97 Å². The highest BCUT2D eigenvalue weighted by atomic mass is 16.4. The molecule has 3 heterocycles. The van der Waals surface area contributed by atoms with Crippen LogP contribution in [0.4, 0.5) is 0 Å². The second-order valence-electron chi connectivity index (χ2n) is 4.88. The number of aromatic amines is 1. The summed E-state index contributed by atoms with van der Waals surface area (Å²) < 4.78 is 0. The minimum Gasteiger partial charge on any atom is -0.478 e. The van der Waals surface area contributed by atoms with Crippen molar-refractivity contribution in [2.75, 3.05) is 19.6 Å². The number of aromatic carboxylic acids is 1. The van der Waals surface area contributed by atoms with Crippen LogP contribution in [-0.2, 0) is 6.42 Å². The number of carboxylic acids is 1. The van der Waals surface area contributed by atoms with Crippen LogP contribution in [0, 0.1) is 0 Å². The van der Waals surface area contributed by atoms with E-state index in [1.165, 1.54) is 32.1 Å². The van der Waals surface area contributed by atoms with Crippen molar-refractivity contribution in [3.63, 3.8) is 0 Å². The second kappa shape index (κ2) is 4.97. The molecule has 2 aromatic heterocycles. The summed E-state index contributed by atoms with van der Waals surface area (Å²) >= 11 is 0. The number of pyridine rings is 1. The maximum Gasteiger partial charge on any atom is 0.337 e. The Balaban J connectivity index is 1.75. The minimum absolute atomic E-state index is 0.183. The van der Waals surface area contributed by atoms with Crippen LogP contribution in [0.25, 0.3) is 11.2 Å². The van der Waals surface area contributed by atoms with E-state index in [0.717, 1.165) is 18.8 Å². The average molecular weight is 260 g/mol. The number of H-pyrrole nitrogens is 1. The van der Waals surface area contributed by atoms with Gasteiger partial charge < -0.3 is 15.0 Å². The molecule has 0 spiro atoms. The van der Waals surface area contributed by atoms with E-state index in [-0.39, 0.29) is 5.56 Å². The Bertz CT molecular complexity index is 602. The van der Waals surface area contributed by atoms with Crippen molar-refractivity contribution >= 4 is 17.1 Å². The lowest BCUT2D eigenvalue weighted by molar-refractivity contribution is 0.0696. The van der Waals surface area contributed by atoms with Crippen molar-refractivity contribution in [3.8, 4) is 0 Å². The van der Waals surface area contributed by atoms with Gasteiger partial charge >= 0.3 is 5.97 Å². The third-order valence-corrected chi connectivity index (χ3v) is 3.50. The second-order valence-corrected chi connectivity index (χ2v) is 4.88. The van der Waals surface area contributed by atoms with Gasteiger partial charge in [-0.3, -0.25) is 0 Å². The van der Waals surface area contributed by atoms with E-state index >= 15 is 0 Å². The van der Waals surface area contributed by atoms with Crippen LogP contribution in [0.2, 0.25) is 0 Å². The Kier molecular flexibility index (Phi) is 3.16. The van der Waals surface area contributed by atoms with Crippen LogP contribution >= 0.6 is 0 Å². The fourth-order valence-corrected chi connectivity index (χ4v) is 2.46. The average Bonchev–Trinajstić information content (AvgIpc) is 3.04. The number of nitrogens with zero attached hydrogens (tertiary/aromatic N) is 3. The molecule has 0 aromatic carbocycles. The Morgan fingerprint density at radius 2 is 2.21 bits per heavy atom. The van der Waals surface area contributed by atoms with Crippen LogP contribution in [0.3, 0.4) is 0 Å². The van der Waals surface area contributed by atoms with Gasteiger partial charge in [0.2, 0.25) is 0 Å². The van der Waals surface area contributed by atoms with Crippen molar-refractivity contribution in [1.29, 1.82) is 0 Å². The van der Waals surface area contributed by atoms with Crippen molar-refractivity contribution in [2.45, 2.75) is 19.3 Å².